The number of piperidine rings is 1. The predicted octanol–water partition coefficient (Wildman–Crippen LogP) is 1.83. The fraction of sp³-hybridized carbons (Fsp3) is 0.421. The zero-order valence-electron chi connectivity index (χ0n) is 15.5. The van der Waals surface area contributed by atoms with Gasteiger partial charge in [-0.2, -0.15) is 4.31 Å². The molecule has 1 fully saturated rings. The third-order valence-electron chi connectivity index (χ3n) is 4.82. The first kappa shape index (κ1) is 19.6. The molecule has 1 atom stereocenters. The highest BCUT2D eigenvalue weighted by Crippen LogP contribution is 2.23. The SMILES string of the molecule is CC(C)(NC(=O)c1cc(S(=O)(=O)N2CCC[C@@H](O)C2)c[nH]1)c1ccccc1. The number of benzene rings is 1. The number of hydrogen-bond acceptors (Lipinski definition) is 4. The second-order valence-electron chi connectivity index (χ2n) is 7.35. The van der Waals surface area contributed by atoms with E-state index in [2.05, 4.69) is 10.3 Å². The molecule has 1 saturated heterocycles. The number of carbonyl (C=O) groups excluding carboxylic acids is 1. The van der Waals surface area contributed by atoms with Crippen molar-refractivity contribution in [3.63, 3.8) is 0 Å². The zero-order chi connectivity index (χ0) is 19.7. The molecule has 2 heterocycles. The van der Waals surface area contributed by atoms with Crippen LogP contribution >= 0.6 is 0 Å². The quantitative estimate of drug-likeness (QED) is 0.723. The molecule has 0 radical (unpaired) electrons. The van der Waals surface area contributed by atoms with Crippen LogP contribution in [0.25, 0.3) is 0 Å². The molecule has 0 unspecified atom stereocenters. The smallest absolute Gasteiger partial charge is 0.268 e. The molecule has 0 saturated carbocycles. The van der Waals surface area contributed by atoms with Gasteiger partial charge in [0.2, 0.25) is 10.0 Å². The summed E-state index contributed by atoms with van der Waals surface area (Å²) in [6.07, 6.45) is 1.88. The first-order valence-electron chi connectivity index (χ1n) is 8.95. The summed E-state index contributed by atoms with van der Waals surface area (Å²) in [5, 5.41) is 12.7. The molecular weight excluding hydrogens is 366 g/mol. The molecule has 0 bridgehead atoms. The maximum absolute atomic E-state index is 12.7. The first-order valence-corrected chi connectivity index (χ1v) is 10.4. The minimum atomic E-state index is -3.74. The topological polar surface area (TPSA) is 102 Å². The minimum absolute atomic E-state index is 0.0271. The summed E-state index contributed by atoms with van der Waals surface area (Å²) in [4.78, 5) is 15.4. The number of nitrogens with zero attached hydrogens (tertiary/aromatic N) is 1. The Morgan fingerprint density at radius 2 is 2.00 bits per heavy atom. The molecule has 3 N–H and O–H groups in total. The highest BCUT2D eigenvalue weighted by atomic mass is 32.2. The van der Waals surface area contributed by atoms with Crippen LogP contribution in [0, 0.1) is 0 Å². The largest absolute Gasteiger partial charge is 0.392 e. The molecule has 0 spiro atoms. The van der Waals surface area contributed by atoms with Crippen molar-refractivity contribution in [2.45, 2.75) is 43.2 Å². The van der Waals surface area contributed by atoms with Gasteiger partial charge in [-0.05, 0) is 38.3 Å². The Balaban J connectivity index is 1.76. The van der Waals surface area contributed by atoms with Gasteiger partial charge in [-0.1, -0.05) is 30.3 Å². The Morgan fingerprint density at radius 3 is 2.67 bits per heavy atom. The molecule has 8 heteroatoms. The van der Waals surface area contributed by atoms with E-state index < -0.39 is 21.7 Å². The third kappa shape index (κ3) is 4.23. The summed E-state index contributed by atoms with van der Waals surface area (Å²) in [6.45, 7) is 4.22. The lowest BCUT2D eigenvalue weighted by Gasteiger charge is -2.28. The normalized spacial score (nSPS) is 19.0. The second kappa shape index (κ2) is 7.46. The molecule has 1 aliphatic rings. The van der Waals surface area contributed by atoms with E-state index in [1.54, 1.807) is 0 Å². The average molecular weight is 391 g/mol. The number of amides is 1. The number of H-pyrrole nitrogens is 1. The molecule has 0 aliphatic carbocycles. The summed E-state index contributed by atoms with van der Waals surface area (Å²) in [7, 11) is -3.74. The van der Waals surface area contributed by atoms with Crippen LogP contribution in [0.4, 0.5) is 0 Å². The van der Waals surface area contributed by atoms with Crippen molar-refractivity contribution >= 4 is 15.9 Å². The van der Waals surface area contributed by atoms with E-state index in [4.69, 9.17) is 0 Å². The molecule has 1 amide bonds. The van der Waals surface area contributed by atoms with E-state index in [1.807, 2.05) is 44.2 Å². The molecule has 27 heavy (non-hydrogen) atoms. The predicted molar refractivity (Wildman–Crippen MR) is 102 cm³/mol. The van der Waals surface area contributed by atoms with Gasteiger partial charge in [0.15, 0.2) is 0 Å². The highest BCUT2D eigenvalue weighted by molar-refractivity contribution is 7.89. The van der Waals surface area contributed by atoms with Gasteiger partial charge in [0.05, 0.1) is 11.6 Å². The maximum atomic E-state index is 12.7. The van der Waals surface area contributed by atoms with Crippen LogP contribution in [-0.4, -0.2) is 47.9 Å². The Kier molecular flexibility index (Phi) is 5.41. The van der Waals surface area contributed by atoms with Crippen LogP contribution < -0.4 is 5.32 Å². The van der Waals surface area contributed by atoms with Crippen molar-refractivity contribution in [3.05, 3.63) is 53.9 Å². The van der Waals surface area contributed by atoms with Crippen LogP contribution in [-0.2, 0) is 15.6 Å². The number of aliphatic hydroxyl groups is 1. The summed E-state index contributed by atoms with van der Waals surface area (Å²) >= 11 is 0. The summed E-state index contributed by atoms with van der Waals surface area (Å²) in [5.41, 5.74) is 0.509. The van der Waals surface area contributed by atoms with E-state index in [0.717, 1.165) is 5.56 Å². The van der Waals surface area contributed by atoms with Gasteiger partial charge >= 0.3 is 0 Å². The molecular formula is C19H25N3O4S. The number of rotatable bonds is 5. The zero-order valence-corrected chi connectivity index (χ0v) is 16.3. The Hall–Kier alpha value is -2.16. The van der Waals surface area contributed by atoms with Gasteiger partial charge in [0.1, 0.15) is 10.6 Å². The van der Waals surface area contributed by atoms with Gasteiger partial charge in [-0.25, -0.2) is 8.42 Å². The summed E-state index contributed by atoms with van der Waals surface area (Å²) < 4.78 is 26.7. The molecule has 7 nitrogen and oxygen atoms in total. The number of sulfonamides is 1. The number of carbonyl (C=O) groups is 1. The van der Waals surface area contributed by atoms with Crippen molar-refractivity contribution in [2.75, 3.05) is 13.1 Å². The third-order valence-corrected chi connectivity index (χ3v) is 6.66. The minimum Gasteiger partial charge on any atom is -0.392 e. The van der Waals surface area contributed by atoms with Gasteiger partial charge in [0.25, 0.3) is 5.91 Å². The van der Waals surface area contributed by atoms with Crippen molar-refractivity contribution in [1.82, 2.24) is 14.6 Å². The van der Waals surface area contributed by atoms with Crippen molar-refractivity contribution < 1.29 is 18.3 Å². The molecule has 1 aromatic heterocycles. The number of hydrogen-bond donors (Lipinski definition) is 3. The van der Waals surface area contributed by atoms with Crippen LogP contribution in [0.5, 0.6) is 0 Å². The molecule has 146 valence electrons. The van der Waals surface area contributed by atoms with Crippen LogP contribution in [0.15, 0.2) is 47.5 Å². The number of aromatic nitrogens is 1. The number of aliphatic hydroxyl groups excluding tert-OH is 1. The van der Waals surface area contributed by atoms with E-state index in [9.17, 15) is 18.3 Å². The summed E-state index contributed by atoms with van der Waals surface area (Å²) in [5.74, 6) is -0.385. The lowest BCUT2D eigenvalue weighted by Crippen LogP contribution is -2.42. The number of aromatic amines is 1. The first-order chi connectivity index (χ1) is 12.7. The van der Waals surface area contributed by atoms with E-state index >= 15 is 0 Å². The van der Waals surface area contributed by atoms with Gasteiger partial charge in [-0.3, -0.25) is 4.79 Å². The fourth-order valence-corrected chi connectivity index (χ4v) is 4.73. The van der Waals surface area contributed by atoms with Crippen molar-refractivity contribution in [1.29, 1.82) is 0 Å². The summed E-state index contributed by atoms with van der Waals surface area (Å²) in [6, 6.07) is 10.9. The van der Waals surface area contributed by atoms with Crippen LogP contribution in [0.3, 0.4) is 0 Å². The van der Waals surface area contributed by atoms with E-state index in [0.29, 0.717) is 19.4 Å². The van der Waals surface area contributed by atoms with E-state index in [-0.39, 0.29) is 23.0 Å². The van der Waals surface area contributed by atoms with Crippen molar-refractivity contribution in [3.8, 4) is 0 Å². The highest BCUT2D eigenvalue weighted by Gasteiger charge is 2.31. The van der Waals surface area contributed by atoms with Gasteiger partial charge in [-0.15, -0.1) is 0 Å². The second-order valence-corrected chi connectivity index (χ2v) is 9.29. The average Bonchev–Trinajstić information content (AvgIpc) is 3.13. The standard InChI is InChI=1S/C19H25N3O4S/c1-19(2,14-7-4-3-5-8-14)21-18(24)17-11-16(12-20-17)27(25,26)22-10-6-9-15(23)13-22/h3-5,7-8,11-12,15,20,23H,6,9-10,13H2,1-2H3,(H,21,24)/t15-/m1/s1. The molecule has 1 aromatic carbocycles. The Bertz CT molecular complexity index is 906. The van der Waals surface area contributed by atoms with Crippen molar-refractivity contribution in [2.24, 2.45) is 0 Å². The maximum Gasteiger partial charge on any atom is 0.268 e. The van der Waals surface area contributed by atoms with Gasteiger partial charge < -0.3 is 15.4 Å². The number of β-amino-alcohol motifs (C(OH)–C–C–N with tert-alkyl or cyclic N) is 1. The Labute approximate surface area is 159 Å². The molecule has 1 aliphatic heterocycles. The molecule has 2 aromatic rings. The fourth-order valence-electron chi connectivity index (χ4n) is 3.22. The molecule has 3 rings (SSSR count). The van der Waals surface area contributed by atoms with E-state index in [1.165, 1.54) is 16.6 Å². The van der Waals surface area contributed by atoms with Gasteiger partial charge in [0, 0.05) is 19.3 Å². The lowest BCUT2D eigenvalue weighted by atomic mass is 9.94. The monoisotopic (exact) mass is 391 g/mol. The van der Waals surface area contributed by atoms with Crippen LogP contribution in [0.1, 0.15) is 42.7 Å². The number of nitrogens with one attached hydrogen (secondary N) is 2. The lowest BCUT2D eigenvalue weighted by molar-refractivity contribution is 0.0907. The Morgan fingerprint density at radius 1 is 1.30 bits per heavy atom. The van der Waals surface area contributed by atoms with Crippen LogP contribution in [0.2, 0.25) is 0 Å².